The Morgan fingerprint density at radius 2 is 1.79 bits per heavy atom. The Bertz CT molecular complexity index is 328. The zero-order chi connectivity index (χ0) is 10.8. The van der Waals surface area contributed by atoms with E-state index in [1.54, 1.807) is 0 Å². The van der Waals surface area contributed by atoms with Gasteiger partial charge in [0.1, 0.15) is 0 Å². The van der Waals surface area contributed by atoms with E-state index in [4.69, 9.17) is 23.2 Å². The van der Waals surface area contributed by atoms with Gasteiger partial charge in [0, 0.05) is 10.4 Å². The number of benzene rings is 1. The highest BCUT2D eigenvalue weighted by Crippen LogP contribution is 2.25. The summed E-state index contributed by atoms with van der Waals surface area (Å²) in [7, 11) is 0. The average molecular weight is 231 g/mol. The summed E-state index contributed by atoms with van der Waals surface area (Å²) in [6, 6.07) is 7.44. The van der Waals surface area contributed by atoms with Gasteiger partial charge in [-0.15, -0.1) is 0 Å². The molecule has 0 aliphatic carbocycles. The molecule has 3 heteroatoms. The molecule has 0 heterocycles. The van der Waals surface area contributed by atoms with Crippen LogP contribution in [-0.2, 0) is 11.2 Å². The van der Waals surface area contributed by atoms with Crippen LogP contribution in [0.5, 0.6) is 0 Å². The van der Waals surface area contributed by atoms with Gasteiger partial charge in [0.2, 0.25) is 5.24 Å². The van der Waals surface area contributed by atoms with Gasteiger partial charge in [-0.2, -0.15) is 0 Å². The van der Waals surface area contributed by atoms with Crippen LogP contribution in [0.15, 0.2) is 24.3 Å². The molecular formula is C11H12Cl2O. The molecule has 1 rings (SSSR count). The first-order valence-corrected chi connectivity index (χ1v) is 5.12. The summed E-state index contributed by atoms with van der Waals surface area (Å²) in [5.74, 6) is 0. The number of carbonyl (C=O) groups excluding carboxylic acids is 1. The van der Waals surface area contributed by atoms with E-state index >= 15 is 0 Å². The summed E-state index contributed by atoms with van der Waals surface area (Å²) in [5.41, 5.74) is 0.545. The van der Waals surface area contributed by atoms with Gasteiger partial charge in [0.25, 0.3) is 0 Å². The monoisotopic (exact) mass is 230 g/mol. The second kappa shape index (κ2) is 4.33. The first-order valence-electron chi connectivity index (χ1n) is 4.36. The fraction of sp³-hybridized carbons (Fsp3) is 0.364. The minimum Gasteiger partial charge on any atom is -0.281 e. The molecule has 0 bridgehead atoms. The molecular weight excluding hydrogens is 219 g/mol. The summed E-state index contributed by atoms with van der Waals surface area (Å²) < 4.78 is 0. The van der Waals surface area contributed by atoms with E-state index < -0.39 is 5.41 Å². The minimum atomic E-state index is -0.518. The first-order chi connectivity index (χ1) is 6.42. The lowest BCUT2D eigenvalue weighted by Crippen LogP contribution is -2.22. The summed E-state index contributed by atoms with van der Waals surface area (Å²) in [6.45, 7) is 3.66. The third-order valence-corrected chi connectivity index (χ3v) is 2.85. The predicted molar refractivity (Wildman–Crippen MR) is 59.8 cm³/mol. The molecule has 0 aliphatic rings. The van der Waals surface area contributed by atoms with E-state index in [1.807, 2.05) is 38.1 Å². The van der Waals surface area contributed by atoms with Gasteiger partial charge in [-0.1, -0.05) is 37.6 Å². The van der Waals surface area contributed by atoms with Crippen molar-refractivity contribution in [3.63, 3.8) is 0 Å². The number of hydrogen-bond acceptors (Lipinski definition) is 1. The van der Waals surface area contributed by atoms with Crippen LogP contribution in [0.4, 0.5) is 0 Å². The van der Waals surface area contributed by atoms with Crippen LogP contribution in [0.1, 0.15) is 19.4 Å². The Morgan fingerprint density at radius 1 is 1.29 bits per heavy atom. The van der Waals surface area contributed by atoms with E-state index in [1.165, 1.54) is 0 Å². The third-order valence-electron chi connectivity index (χ3n) is 2.09. The van der Waals surface area contributed by atoms with E-state index in [-0.39, 0.29) is 5.24 Å². The van der Waals surface area contributed by atoms with Gasteiger partial charge in [-0.05, 0) is 35.7 Å². The lowest BCUT2D eigenvalue weighted by molar-refractivity contribution is -0.118. The Balaban J connectivity index is 2.79. The van der Waals surface area contributed by atoms with Gasteiger partial charge in [0.05, 0.1) is 0 Å². The summed E-state index contributed by atoms with van der Waals surface area (Å²) in [5, 5.41) is 0.385. The zero-order valence-electron chi connectivity index (χ0n) is 8.18. The molecule has 0 radical (unpaired) electrons. The molecule has 0 N–H and O–H groups in total. The van der Waals surface area contributed by atoms with Gasteiger partial charge < -0.3 is 0 Å². The molecule has 76 valence electrons. The van der Waals surface area contributed by atoms with Crippen molar-refractivity contribution in [1.29, 1.82) is 0 Å². The van der Waals surface area contributed by atoms with Crippen molar-refractivity contribution in [1.82, 2.24) is 0 Å². The van der Waals surface area contributed by atoms with Gasteiger partial charge in [0.15, 0.2) is 0 Å². The highest BCUT2D eigenvalue weighted by Gasteiger charge is 2.25. The first kappa shape index (κ1) is 11.5. The van der Waals surface area contributed by atoms with E-state index in [9.17, 15) is 4.79 Å². The van der Waals surface area contributed by atoms with Crippen molar-refractivity contribution in [3.05, 3.63) is 34.9 Å². The van der Waals surface area contributed by atoms with Crippen molar-refractivity contribution < 1.29 is 4.79 Å². The van der Waals surface area contributed by atoms with E-state index in [0.29, 0.717) is 11.4 Å². The quantitative estimate of drug-likeness (QED) is 0.725. The van der Waals surface area contributed by atoms with E-state index in [0.717, 1.165) is 5.56 Å². The van der Waals surface area contributed by atoms with E-state index in [2.05, 4.69) is 0 Å². The SMILES string of the molecule is CC(C)(Cc1ccc(Cl)cc1)C(=O)Cl. The largest absolute Gasteiger partial charge is 0.281 e. The maximum Gasteiger partial charge on any atom is 0.227 e. The van der Waals surface area contributed by atoms with Crippen molar-refractivity contribution in [2.45, 2.75) is 20.3 Å². The van der Waals surface area contributed by atoms with Crippen molar-refractivity contribution in [3.8, 4) is 0 Å². The normalized spacial score (nSPS) is 11.4. The summed E-state index contributed by atoms with van der Waals surface area (Å²) >= 11 is 11.2. The van der Waals surface area contributed by atoms with Gasteiger partial charge >= 0.3 is 0 Å². The second-order valence-corrected chi connectivity index (χ2v) is 4.74. The molecule has 1 nitrogen and oxygen atoms in total. The molecule has 1 aromatic carbocycles. The fourth-order valence-electron chi connectivity index (χ4n) is 1.18. The molecule has 0 amide bonds. The number of carbonyl (C=O) groups is 1. The second-order valence-electron chi connectivity index (χ2n) is 3.96. The molecule has 14 heavy (non-hydrogen) atoms. The minimum absolute atomic E-state index is 0.313. The van der Waals surface area contributed by atoms with Crippen LogP contribution in [0.3, 0.4) is 0 Å². The zero-order valence-corrected chi connectivity index (χ0v) is 9.69. The Morgan fingerprint density at radius 3 is 2.21 bits per heavy atom. The highest BCUT2D eigenvalue weighted by molar-refractivity contribution is 6.64. The molecule has 0 spiro atoms. The topological polar surface area (TPSA) is 17.1 Å². The molecule has 0 fully saturated rings. The molecule has 1 aromatic rings. The Kier molecular flexibility index (Phi) is 3.57. The lowest BCUT2D eigenvalue weighted by Gasteiger charge is -2.19. The maximum absolute atomic E-state index is 11.1. The van der Waals surface area contributed by atoms with Crippen LogP contribution in [-0.4, -0.2) is 5.24 Å². The number of halogens is 2. The summed E-state index contributed by atoms with van der Waals surface area (Å²) in [4.78, 5) is 11.1. The highest BCUT2D eigenvalue weighted by atomic mass is 35.5. The maximum atomic E-state index is 11.1. The van der Waals surface area contributed by atoms with Crippen molar-refractivity contribution >= 4 is 28.4 Å². The fourth-order valence-corrected chi connectivity index (χ4v) is 1.37. The standard InChI is InChI=1S/C11H12Cl2O/c1-11(2,10(13)14)7-8-3-5-9(12)6-4-8/h3-6H,7H2,1-2H3. The van der Waals surface area contributed by atoms with Gasteiger partial charge in [-0.25, -0.2) is 0 Å². The van der Waals surface area contributed by atoms with Gasteiger partial charge in [-0.3, -0.25) is 4.79 Å². The predicted octanol–water partition coefficient (Wildman–Crippen LogP) is 3.67. The molecule has 0 saturated heterocycles. The van der Waals surface area contributed by atoms with Crippen LogP contribution in [0.25, 0.3) is 0 Å². The molecule has 0 aliphatic heterocycles. The number of rotatable bonds is 3. The van der Waals surface area contributed by atoms with Crippen LogP contribution < -0.4 is 0 Å². The molecule has 0 aromatic heterocycles. The van der Waals surface area contributed by atoms with Crippen LogP contribution in [0, 0.1) is 5.41 Å². The Hall–Kier alpha value is -0.530. The Labute approximate surface area is 94.0 Å². The molecule has 0 atom stereocenters. The van der Waals surface area contributed by atoms with Crippen LogP contribution in [0.2, 0.25) is 5.02 Å². The van der Waals surface area contributed by atoms with Crippen molar-refractivity contribution in [2.75, 3.05) is 0 Å². The smallest absolute Gasteiger partial charge is 0.227 e. The molecule has 0 saturated carbocycles. The number of hydrogen-bond donors (Lipinski definition) is 0. The summed E-state index contributed by atoms with van der Waals surface area (Å²) in [6.07, 6.45) is 0.631. The average Bonchev–Trinajstić information content (AvgIpc) is 2.08. The molecule has 0 unspecified atom stereocenters. The van der Waals surface area contributed by atoms with Crippen molar-refractivity contribution in [2.24, 2.45) is 5.41 Å². The third kappa shape index (κ3) is 3.00. The lowest BCUT2D eigenvalue weighted by atomic mass is 9.87. The van der Waals surface area contributed by atoms with Crippen LogP contribution >= 0.6 is 23.2 Å².